The lowest BCUT2D eigenvalue weighted by molar-refractivity contribution is 0.0543. The lowest BCUT2D eigenvalue weighted by Crippen LogP contribution is -2.35. The topological polar surface area (TPSA) is 56.1 Å². The zero-order chi connectivity index (χ0) is 14.5. The standard InChI is InChI=1S/C15H21N5O/c1-2-13-9-16-15(17-10-13)19-6-4-8-21-14(11-19)12-20-7-3-5-18-20/h3,5,7,9-10,14H,2,4,6,8,11-12H2,1H3/t14-/m0/s1. The molecule has 1 atom stereocenters. The Morgan fingerprint density at radius 3 is 2.90 bits per heavy atom. The van der Waals surface area contributed by atoms with E-state index in [0.717, 1.165) is 50.6 Å². The summed E-state index contributed by atoms with van der Waals surface area (Å²) in [5.41, 5.74) is 1.16. The van der Waals surface area contributed by atoms with E-state index in [-0.39, 0.29) is 6.10 Å². The van der Waals surface area contributed by atoms with Gasteiger partial charge in [0.25, 0.3) is 0 Å². The Morgan fingerprint density at radius 2 is 2.19 bits per heavy atom. The lowest BCUT2D eigenvalue weighted by atomic mass is 10.3. The van der Waals surface area contributed by atoms with E-state index in [0.29, 0.717) is 0 Å². The molecule has 0 bridgehead atoms. The van der Waals surface area contributed by atoms with Crippen LogP contribution in [-0.4, -0.2) is 45.5 Å². The Morgan fingerprint density at radius 1 is 1.33 bits per heavy atom. The highest BCUT2D eigenvalue weighted by Gasteiger charge is 2.21. The summed E-state index contributed by atoms with van der Waals surface area (Å²) in [6.45, 7) is 5.37. The van der Waals surface area contributed by atoms with Crippen molar-refractivity contribution in [1.82, 2.24) is 19.7 Å². The molecule has 0 saturated carbocycles. The van der Waals surface area contributed by atoms with Gasteiger partial charge in [0.05, 0.1) is 12.6 Å². The second-order valence-electron chi connectivity index (χ2n) is 5.27. The molecule has 3 heterocycles. The van der Waals surface area contributed by atoms with Crippen LogP contribution in [0, 0.1) is 0 Å². The molecule has 0 spiro atoms. The molecule has 2 aromatic rings. The molecule has 6 nitrogen and oxygen atoms in total. The van der Waals surface area contributed by atoms with Crippen LogP contribution in [-0.2, 0) is 17.7 Å². The lowest BCUT2D eigenvalue weighted by Gasteiger charge is -2.23. The Labute approximate surface area is 124 Å². The van der Waals surface area contributed by atoms with Gasteiger partial charge in [-0.15, -0.1) is 0 Å². The van der Waals surface area contributed by atoms with Crippen molar-refractivity contribution in [2.45, 2.75) is 32.4 Å². The SMILES string of the molecule is CCc1cnc(N2CCCO[C@H](Cn3cccn3)C2)nc1. The molecular weight excluding hydrogens is 266 g/mol. The molecular formula is C15H21N5O. The van der Waals surface area contributed by atoms with Gasteiger partial charge in [-0.1, -0.05) is 6.92 Å². The van der Waals surface area contributed by atoms with Crippen molar-refractivity contribution in [2.24, 2.45) is 0 Å². The molecule has 0 aliphatic carbocycles. The molecule has 0 N–H and O–H groups in total. The van der Waals surface area contributed by atoms with Gasteiger partial charge in [-0.2, -0.15) is 5.10 Å². The van der Waals surface area contributed by atoms with Gasteiger partial charge in [-0.25, -0.2) is 9.97 Å². The molecule has 0 amide bonds. The van der Waals surface area contributed by atoms with Crippen LogP contribution in [0.1, 0.15) is 18.9 Å². The van der Waals surface area contributed by atoms with Crippen LogP contribution in [0.15, 0.2) is 30.9 Å². The third kappa shape index (κ3) is 3.58. The van der Waals surface area contributed by atoms with E-state index in [2.05, 4.69) is 26.9 Å². The fraction of sp³-hybridized carbons (Fsp3) is 0.533. The van der Waals surface area contributed by atoms with Crippen molar-refractivity contribution < 1.29 is 4.74 Å². The Balaban J connectivity index is 1.68. The number of aromatic nitrogens is 4. The minimum Gasteiger partial charge on any atom is -0.374 e. The van der Waals surface area contributed by atoms with Gasteiger partial charge < -0.3 is 9.64 Å². The average Bonchev–Trinajstić information content (AvgIpc) is 2.92. The predicted molar refractivity (Wildman–Crippen MR) is 80.2 cm³/mol. The molecule has 3 rings (SSSR count). The van der Waals surface area contributed by atoms with Crippen molar-refractivity contribution >= 4 is 5.95 Å². The monoisotopic (exact) mass is 287 g/mol. The molecule has 1 aliphatic rings. The Bertz CT molecular complexity index is 540. The van der Waals surface area contributed by atoms with Crippen LogP contribution in [0.2, 0.25) is 0 Å². The summed E-state index contributed by atoms with van der Waals surface area (Å²) in [7, 11) is 0. The first kappa shape index (κ1) is 14.0. The molecule has 0 unspecified atom stereocenters. The van der Waals surface area contributed by atoms with E-state index in [1.807, 2.05) is 29.3 Å². The maximum atomic E-state index is 5.91. The van der Waals surface area contributed by atoms with E-state index in [4.69, 9.17) is 4.74 Å². The fourth-order valence-electron chi connectivity index (χ4n) is 2.50. The van der Waals surface area contributed by atoms with E-state index in [1.165, 1.54) is 0 Å². The van der Waals surface area contributed by atoms with Gasteiger partial charge in [-0.3, -0.25) is 4.68 Å². The number of hydrogen-bond acceptors (Lipinski definition) is 5. The highest BCUT2D eigenvalue weighted by Crippen LogP contribution is 2.14. The summed E-state index contributed by atoms with van der Waals surface area (Å²) in [6.07, 6.45) is 9.65. The van der Waals surface area contributed by atoms with Gasteiger partial charge in [0.1, 0.15) is 0 Å². The van der Waals surface area contributed by atoms with Crippen LogP contribution in [0.4, 0.5) is 5.95 Å². The van der Waals surface area contributed by atoms with E-state index in [9.17, 15) is 0 Å². The summed E-state index contributed by atoms with van der Waals surface area (Å²) >= 11 is 0. The summed E-state index contributed by atoms with van der Waals surface area (Å²) in [6, 6.07) is 1.93. The van der Waals surface area contributed by atoms with Crippen LogP contribution < -0.4 is 4.90 Å². The average molecular weight is 287 g/mol. The van der Waals surface area contributed by atoms with Gasteiger partial charge >= 0.3 is 0 Å². The van der Waals surface area contributed by atoms with Crippen molar-refractivity contribution in [2.75, 3.05) is 24.6 Å². The molecule has 1 fully saturated rings. The van der Waals surface area contributed by atoms with Gasteiger partial charge in [0.2, 0.25) is 5.95 Å². The first-order valence-corrected chi connectivity index (χ1v) is 7.50. The highest BCUT2D eigenvalue weighted by molar-refractivity contribution is 5.30. The second-order valence-corrected chi connectivity index (χ2v) is 5.27. The molecule has 1 aliphatic heterocycles. The molecule has 0 aromatic carbocycles. The predicted octanol–water partition coefficient (Wildman–Crippen LogP) is 1.53. The smallest absolute Gasteiger partial charge is 0.225 e. The number of rotatable bonds is 4. The third-order valence-corrected chi connectivity index (χ3v) is 3.68. The summed E-state index contributed by atoms with van der Waals surface area (Å²) in [4.78, 5) is 11.2. The number of aryl methyl sites for hydroxylation is 1. The maximum Gasteiger partial charge on any atom is 0.225 e. The summed E-state index contributed by atoms with van der Waals surface area (Å²) in [5, 5.41) is 4.25. The number of nitrogens with zero attached hydrogens (tertiary/aromatic N) is 5. The third-order valence-electron chi connectivity index (χ3n) is 3.68. The highest BCUT2D eigenvalue weighted by atomic mass is 16.5. The quantitative estimate of drug-likeness (QED) is 0.853. The first-order valence-electron chi connectivity index (χ1n) is 7.50. The second kappa shape index (κ2) is 6.67. The maximum absolute atomic E-state index is 5.91. The van der Waals surface area contributed by atoms with E-state index >= 15 is 0 Å². The fourth-order valence-corrected chi connectivity index (χ4v) is 2.50. The van der Waals surface area contributed by atoms with Crippen molar-refractivity contribution in [1.29, 1.82) is 0 Å². The van der Waals surface area contributed by atoms with Gasteiger partial charge in [-0.05, 0) is 24.5 Å². The minimum absolute atomic E-state index is 0.113. The normalized spacial score (nSPS) is 19.5. The molecule has 112 valence electrons. The zero-order valence-electron chi connectivity index (χ0n) is 12.4. The number of hydrogen-bond donors (Lipinski definition) is 0. The van der Waals surface area contributed by atoms with Crippen LogP contribution in [0.3, 0.4) is 0 Å². The van der Waals surface area contributed by atoms with E-state index < -0.39 is 0 Å². The van der Waals surface area contributed by atoms with Crippen molar-refractivity contribution in [3.8, 4) is 0 Å². The molecule has 0 radical (unpaired) electrons. The van der Waals surface area contributed by atoms with E-state index in [1.54, 1.807) is 6.20 Å². The molecule has 6 heteroatoms. The van der Waals surface area contributed by atoms with Crippen molar-refractivity contribution in [3.63, 3.8) is 0 Å². The van der Waals surface area contributed by atoms with Crippen LogP contribution in [0.25, 0.3) is 0 Å². The summed E-state index contributed by atoms with van der Waals surface area (Å²) in [5.74, 6) is 0.795. The zero-order valence-corrected chi connectivity index (χ0v) is 12.4. The Kier molecular flexibility index (Phi) is 4.45. The van der Waals surface area contributed by atoms with Crippen LogP contribution >= 0.6 is 0 Å². The van der Waals surface area contributed by atoms with Crippen LogP contribution in [0.5, 0.6) is 0 Å². The number of anilines is 1. The number of ether oxygens (including phenoxy) is 1. The first-order chi connectivity index (χ1) is 10.3. The van der Waals surface area contributed by atoms with Crippen molar-refractivity contribution in [3.05, 3.63) is 36.4 Å². The van der Waals surface area contributed by atoms with Gasteiger partial charge in [0.15, 0.2) is 0 Å². The molecule has 21 heavy (non-hydrogen) atoms. The Hall–Kier alpha value is -1.95. The largest absolute Gasteiger partial charge is 0.374 e. The van der Waals surface area contributed by atoms with Gasteiger partial charge in [0, 0.05) is 44.5 Å². The minimum atomic E-state index is 0.113. The summed E-state index contributed by atoms with van der Waals surface area (Å²) < 4.78 is 7.83. The molecule has 1 saturated heterocycles. The molecule has 2 aromatic heterocycles.